The largest absolute Gasteiger partial charge is 0.252 e. The molecule has 1 aromatic heterocycles. The van der Waals surface area contributed by atoms with E-state index in [-0.39, 0.29) is 0 Å². The van der Waals surface area contributed by atoms with Crippen LogP contribution in [-0.2, 0) is 6.42 Å². The van der Waals surface area contributed by atoms with Crippen molar-refractivity contribution in [3.63, 3.8) is 0 Å². The van der Waals surface area contributed by atoms with E-state index in [9.17, 15) is 0 Å². The van der Waals surface area contributed by atoms with Gasteiger partial charge in [-0.15, -0.1) is 0 Å². The number of hydrogen-bond donors (Lipinski definition) is 0. The van der Waals surface area contributed by atoms with Crippen LogP contribution in [0.15, 0.2) is 48.5 Å². The van der Waals surface area contributed by atoms with Gasteiger partial charge >= 0.3 is 0 Å². The van der Waals surface area contributed by atoms with Crippen molar-refractivity contribution in [2.24, 2.45) is 0 Å². The molecule has 0 amide bonds. The van der Waals surface area contributed by atoms with Crippen LogP contribution < -0.4 is 0 Å². The predicted octanol–water partition coefficient (Wildman–Crippen LogP) is 4.34. The summed E-state index contributed by atoms with van der Waals surface area (Å²) in [4.78, 5) is 4.79. The third-order valence-electron chi connectivity index (χ3n) is 3.17. The Hall–Kier alpha value is -1.89. The van der Waals surface area contributed by atoms with Gasteiger partial charge in [0.1, 0.15) is 0 Å². The summed E-state index contributed by atoms with van der Waals surface area (Å²) < 4.78 is 0. The minimum Gasteiger partial charge on any atom is -0.252 e. The predicted molar refractivity (Wildman–Crippen MR) is 73.2 cm³/mol. The number of benzene rings is 2. The molecule has 0 N–H and O–H groups in total. The van der Waals surface area contributed by atoms with E-state index in [0.29, 0.717) is 0 Å². The normalized spacial score (nSPS) is 11.1. The van der Waals surface area contributed by atoms with Gasteiger partial charge in [0.2, 0.25) is 0 Å². The Balaban J connectivity index is 2.45. The Kier molecular flexibility index (Phi) is 2.52. The first-order valence-electron chi connectivity index (χ1n) is 6.16. The zero-order chi connectivity index (χ0) is 11.7. The summed E-state index contributed by atoms with van der Waals surface area (Å²) in [7, 11) is 0. The standard InChI is InChI=1S/C16H15N/c1-2-7-15-13-9-4-3-8-12(13)14-10-5-6-11-16(14)17-15/h3-6,8-11H,2,7H2,1H3. The first-order valence-corrected chi connectivity index (χ1v) is 6.16. The molecule has 1 heteroatoms. The summed E-state index contributed by atoms with van der Waals surface area (Å²) in [6, 6.07) is 17.0. The molecule has 2 aromatic carbocycles. The van der Waals surface area contributed by atoms with E-state index < -0.39 is 0 Å². The van der Waals surface area contributed by atoms with Crippen molar-refractivity contribution in [2.45, 2.75) is 19.8 Å². The van der Waals surface area contributed by atoms with Gasteiger partial charge < -0.3 is 0 Å². The van der Waals surface area contributed by atoms with Crippen LogP contribution in [0.3, 0.4) is 0 Å². The van der Waals surface area contributed by atoms with Crippen molar-refractivity contribution in [3.8, 4) is 0 Å². The molecule has 3 rings (SSSR count). The third kappa shape index (κ3) is 1.68. The van der Waals surface area contributed by atoms with Crippen LogP contribution in [0.4, 0.5) is 0 Å². The highest BCUT2D eigenvalue weighted by Gasteiger charge is 2.06. The van der Waals surface area contributed by atoms with Gasteiger partial charge in [-0.2, -0.15) is 0 Å². The topological polar surface area (TPSA) is 12.9 Å². The van der Waals surface area contributed by atoms with Crippen LogP contribution in [0.2, 0.25) is 0 Å². The van der Waals surface area contributed by atoms with Gasteiger partial charge in [0.15, 0.2) is 0 Å². The van der Waals surface area contributed by atoms with Crippen molar-refractivity contribution in [1.29, 1.82) is 0 Å². The Labute approximate surface area is 101 Å². The first-order chi connectivity index (χ1) is 8.40. The molecule has 0 radical (unpaired) electrons. The van der Waals surface area contributed by atoms with Gasteiger partial charge in [-0.1, -0.05) is 55.8 Å². The summed E-state index contributed by atoms with van der Waals surface area (Å²) in [5, 5.41) is 3.87. The molecule has 0 aliphatic carbocycles. The Morgan fingerprint density at radius 3 is 2.24 bits per heavy atom. The number of fused-ring (bicyclic) bond motifs is 3. The quantitative estimate of drug-likeness (QED) is 0.586. The monoisotopic (exact) mass is 221 g/mol. The van der Waals surface area contributed by atoms with Crippen LogP contribution in [0, 0.1) is 0 Å². The Morgan fingerprint density at radius 2 is 1.47 bits per heavy atom. The van der Waals surface area contributed by atoms with Crippen molar-refractivity contribution < 1.29 is 0 Å². The summed E-state index contributed by atoms with van der Waals surface area (Å²) in [5.41, 5.74) is 2.33. The second kappa shape index (κ2) is 4.17. The molecule has 1 heterocycles. The number of nitrogens with zero attached hydrogens (tertiary/aromatic N) is 1. The average Bonchev–Trinajstić information content (AvgIpc) is 2.39. The molecule has 0 saturated carbocycles. The van der Waals surface area contributed by atoms with Gasteiger partial charge in [-0.05, 0) is 17.9 Å². The highest BCUT2D eigenvalue weighted by Crippen LogP contribution is 2.26. The van der Waals surface area contributed by atoms with Crippen LogP contribution in [0.25, 0.3) is 21.7 Å². The molecule has 17 heavy (non-hydrogen) atoms. The van der Waals surface area contributed by atoms with E-state index in [1.165, 1.54) is 21.9 Å². The molecule has 3 aromatic rings. The van der Waals surface area contributed by atoms with Gasteiger partial charge in [0.05, 0.1) is 5.52 Å². The highest BCUT2D eigenvalue weighted by atomic mass is 14.7. The van der Waals surface area contributed by atoms with Gasteiger partial charge in [0.25, 0.3) is 0 Å². The molecule has 0 spiro atoms. The van der Waals surface area contributed by atoms with E-state index in [4.69, 9.17) is 4.98 Å². The molecule has 0 atom stereocenters. The third-order valence-corrected chi connectivity index (χ3v) is 3.17. The number of aryl methyl sites for hydroxylation is 1. The lowest BCUT2D eigenvalue weighted by atomic mass is 10.0. The van der Waals surface area contributed by atoms with Crippen molar-refractivity contribution in [2.75, 3.05) is 0 Å². The van der Waals surface area contributed by atoms with Gasteiger partial charge in [-0.25, -0.2) is 0 Å². The highest BCUT2D eigenvalue weighted by molar-refractivity contribution is 6.06. The summed E-state index contributed by atoms with van der Waals surface area (Å²) in [6.45, 7) is 2.20. The molecular formula is C16H15N. The lowest BCUT2D eigenvalue weighted by Gasteiger charge is -2.08. The van der Waals surface area contributed by atoms with E-state index in [0.717, 1.165) is 18.4 Å². The lowest BCUT2D eigenvalue weighted by Crippen LogP contribution is -1.93. The SMILES string of the molecule is CCCc1nc2ccccc2c2ccccc12. The van der Waals surface area contributed by atoms with Gasteiger partial charge in [-0.3, -0.25) is 4.98 Å². The molecule has 0 aliphatic heterocycles. The van der Waals surface area contributed by atoms with E-state index in [2.05, 4.69) is 55.5 Å². The minimum absolute atomic E-state index is 1.05. The Morgan fingerprint density at radius 1 is 0.824 bits per heavy atom. The molecule has 84 valence electrons. The van der Waals surface area contributed by atoms with E-state index in [1.807, 2.05) is 0 Å². The molecule has 0 fully saturated rings. The zero-order valence-corrected chi connectivity index (χ0v) is 9.98. The smallest absolute Gasteiger partial charge is 0.0711 e. The van der Waals surface area contributed by atoms with Crippen molar-refractivity contribution >= 4 is 21.7 Å². The number of hydrogen-bond acceptors (Lipinski definition) is 1. The average molecular weight is 221 g/mol. The molecular weight excluding hydrogens is 206 g/mol. The number of rotatable bonds is 2. The minimum atomic E-state index is 1.05. The molecule has 0 unspecified atom stereocenters. The van der Waals surface area contributed by atoms with Crippen LogP contribution >= 0.6 is 0 Å². The fourth-order valence-electron chi connectivity index (χ4n) is 2.40. The van der Waals surface area contributed by atoms with Crippen molar-refractivity contribution in [3.05, 3.63) is 54.2 Å². The molecule has 0 saturated heterocycles. The lowest BCUT2D eigenvalue weighted by molar-refractivity contribution is 0.899. The second-order valence-corrected chi connectivity index (χ2v) is 4.37. The van der Waals surface area contributed by atoms with Crippen LogP contribution in [0.5, 0.6) is 0 Å². The number of para-hydroxylation sites is 1. The number of pyridine rings is 1. The second-order valence-electron chi connectivity index (χ2n) is 4.37. The maximum Gasteiger partial charge on any atom is 0.0711 e. The fourth-order valence-corrected chi connectivity index (χ4v) is 2.40. The molecule has 0 bridgehead atoms. The Bertz CT molecular complexity index is 670. The maximum absolute atomic E-state index is 4.79. The number of aromatic nitrogens is 1. The fraction of sp³-hybridized carbons (Fsp3) is 0.188. The maximum atomic E-state index is 4.79. The first kappa shape index (κ1) is 10.3. The molecule has 0 aliphatic rings. The molecule has 1 nitrogen and oxygen atoms in total. The van der Waals surface area contributed by atoms with Crippen LogP contribution in [-0.4, -0.2) is 4.98 Å². The van der Waals surface area contributed by atoms with Crippen molar-refractivity contribution in [1.82, 2.24) is 4.98 Å². The zero-order valence-electron chi connectivity index (χ0n) is 9.98. The summed E-state index contributed by atoms with van der Waals surface area (Å²) in [5.74, 6) is 0. The summed E-state index contributed by atoms with van der Waals surface area (Å²) in [6.07, 6.45) is 2.18. The van der Waals surface area contributed by atoms with Gasteiger partial charge in [0, 0.05) is 16.5 Å². The van der Waals surface area contributed by atoms with E-state index >= 15 is 0 Å². The van der Waals surface area contributed by atoms with E-state index in [1.54, 1.807) is 0 Å². The van der Waals surface area contributed by atoms with Crippen LogP contribution in [0.1, 0.15) is 19.0 Å². The summed E-state index contributed by atoms with van der Waals surface area (Å²) >= 11 is 0.